The summed E-state index contributed by atoms with van der Waals surface area (Å²) < 4.78 is 1.74. The molecule has 0 atom stereocenters. The van der Waals surface area contributed by atoms with Crippen LogP contribution in [0.3, 0.4) is 0 Å². The molecule has 5 fully saturated rings. The van der Waals surface area contributed by atoms with Crippen LogP contribution >= 0.6 is 0 Å². The Hall–Kier alpha value is -1.62. The zero-order chi connectivity index (χ0) is 19.4. The Morgan fingerprint density at radius 3 is 2.25 bits per heavy atom. The topological polar surface area (TPSA) is 71.3 Å². The number of amides is 1. The van der Waals surface area contributed by atoms with Gasteiger partial charge in [-0.05, 0) is 100 Å². The standard InChI is InChI=1S/C23H32N2O3/c1-13-6-7-25(18-2-4-19(26)5-3-18)23(28)20(13)22(27)24-21-16-9-14-8-15(11-16)12-17(21)10-14/h6-7,14-19,21,26H,2-5,8-12H2,1H3,(H,24,27). The van der Waals surface area contributed by atoms with E-state index >= 15 is 0 Å². The van der Waals surface area contributed by atoms with Gasteiger partial charge >= 0.3 is 0 Å². The van der Waals surface area contributed by atoms with Crippen molar-refractivity contribution in [2.45, 2.75) is 82.9 Å². The number of aliphatic hydroxyl groups is 1. The zero-order valence-electron chi connectivity index (χ0n) is 16.8. The first-order valence-electron chi connectivity index (χ1n) is 11.2. The Kier molecular flexibility index (Phi) is 4.61. The fraction of sp³-hybridized carbons (Fsp3) is 0.739. The van der Waals surface area contributed by atoms with E-state index < -0.39 is 0 Å². The Labute approximate surface area is 166 Å². The molecule has 1 aromatic rings. The molecule has 2 N–H and O–H groups in total. The SMILES string of the molecule is Cc1ccn(C2CCC(O)CC2)c(=O)c1C(=O)NC1C2CC3CC(C2)CC1C3. The van der Waals surface area contributed by atoms with E-state index in [1.807, 2.05) is 19.2 Å². The summed E-state index contributed by atoms with van der Waals surface area (Å²) in [5.74, 6) is 2.77. The van der Waals surface area contributed by atoms with Gasteiger partial charge in [-0.15, -0.1) is 0 Å². The summed E-state index contributed by atoms with van der Waals surface area (Å²) in [6, 6.07) is 2.24. The van der Waals surface area contributed by atoms with Gasteiger partial charge < -0.3 is 15.0 Å². The molecule has 28 heavy (non-hydrogen) atoms. The van der Waals surface area contributed by atoms with Crippen molar-refractivity contribution in [3.05, 3.63) is 33.7 Å². The van der Waals surface area contributed by atoms with Gasteiger partial charge in [-0.2, -0.15) is 0 Å². The van der Waals surface area contributed by atoms with Crippen molar-refractivity contribution in [1.82, 2.24) is 9.88 Å². The summed E-state index contributed by atoms with van der Waals surface area (Å²) in [7, 11) is 0. The number of carbonyl (C=O) groups excluding carboxylic acids is 1. The summed E-state index contributed by atoms with van der Waals surface area (Å²) in [6.45, 7) is 1.86. The highest BCUT2D eigenvalue weighted by Crippen LogP contribution is 2.53. The van der Waals surface area contributed by atoms with E-state index in [1.54, 1.807) is 4.57 Å². The molecule has 4 bridgehead atoms. The minimum absolute atomic E-state index is 0.0872. The van der Waals surface area contributed by atoms with Crippen LogP contribution in [0.25, 0.3) is 0 Å². The van der Waals surface area contributed by atoms with E-state index in [0.717, 1.165) is 43.1 Å². The van der Waals surface area contributed by atoms with E-state index in [1.165, 1.54) is 32.1 Å². The van der Waals surface area contributed by atoms with Crippen molar-refractivity contribution < 1.29 is 9.90 Å². The Bertz CT molecular complexity index is 794. The van der Waals surface area contributed by atoms with Crippen molar-refractivity contribution in [2.75, 3.05) is 0 Å². The summed E-state index contributed by atoms with van der Waals surface area (Å²) in [4.78, 5) is 26.4. The zero-order valence-corrected chi connectivity index (χ0v) is 16.8. The van der Waals surface area contributed by atoms with Crippen LogP contribution in [0.15, 0.2) is 17.1 Å². The highest BCUT2D eigenvalue weighted by atomic mass is 16.3. The van der Waals surface area contributed by atoms with Crippen LogP contribution in [-0.2, 0) is 0 Å². The number of rotatable bonds is 3. The van der Waals surface area contributed by atoms with Gasteiger partial charge in [0.1, 0.15) is 5.56 Å². The maximum atomic E-state index is 13.2. The Morgan fingerprint density at radius 2 is 1.64 bits per heavy atom. The number of nitrogens with one attached hydrogen (secondary N) is 1. The maximum absolute atomic E-state index is 13.2. The number of hydrogen-bond acceptors (Lipinski definition) is 3. The first-order chi connectivity index (χ1) is 13.5. The molecule has 6 rings (SSSR count). The van der Waals surface area contributed by atoms with Gasteiger partial charge in [0.25, 0.3) is 11.5 Å². The highest BCUT2D eigenvalue weighted by molar-refractivity contribution is 5.95. The van der Waals surface area contributed by atoms with E-state index in [0.29, 0.717) is 17.4 Å². The Balaban J connectivity index is 1.37. The van der Waals surface area contributed by atoms with Gasteiger partial charge in [0.05, 0.1) is 6.10 Å². The van der Waals surface area contributed by atoms with Crippen LogP contribution in [0.4, 0.5) is 0 Å². The smallest absolute Gasteiger partial charge is 0.263 e. The molecule has 5 saturated carbocycles. The van der Waals surface area contributed by atoms with E-state index in [-0.39, 0.29) is 29.7 Å². The van der Waals surface area contributed by atoms with Crippen LogP contribution in [0.2, 0.25) is 0 Å². The quantitative estimate of drug-likeness (QED) is 0.841. The third kappa shape index (κ3) is 3.12. The molecule has 0 radical (unpaired) electrons. The highest BCUT2D eigenvalue weighted by Gasteiger charge is 2.48. The van der Waals surface area contributed by atoms with Crippen molar-refractivity contribution >= 4 is 5.91 Å². The average Bonchev–Trinajstić information content (AvgIpc) is 2.65. The van der Waals surface area contributed by atoms with E-state index in [9.17, 15) is 14.7 Å². The number of pyridine rings is 1. The molecule has 0 unspecified atom stereocenters. The molecule has 1 amide bonds. The molecule has 1 heterocycles. The number of aromatic nitrogens is 1. The van der Waals surface area contributed by atoms with Crippen molar-refractivity contribution in [2.24, 2.45) is 23.7 Å². The van der Waals surface area contributed by atoms with Gasteiger partial charge in [0.2, 0.25) is 0 Å². The average molecular weight is 385 g/mol. The monoisotopic (exact) mass is 384 g/mol. The molecule has 5 aliphatic carbocycles. The number of carbonyl (C=O) groups is 1. The summed E-state index contributed by atoms with van der Waals surface area (Å²) in [5.41, 5.74) is 0.920. The van der Waals surface area contributed by atoms with Gasteiger partial charge in [-0.1, -0.05) is 0 Å². The minimum Gasteiger partial charge on any atom is -0.393 e. The normalized spacial score (nSPS) is 39.1. The van der Waals surface area contributed by atoms with Crippen LogP contribution in [0, 0.1) is 30.6 Å². The molecule has 0 spiro atoms. The van der Waals surface area contributed by atoms with Crippen LogP contribution < -0.4 is 10.9 Å². The van der Waals surface area contributed by atoms with Gasteiger partial charge in [-0.3, -0.25) is 9.59 Å². The number of aryl methyl sites for hydroxylation is 1. The van der Waals surface area contributed by atoms with Crippen LogP contribution in [0.1, 0.15) is 79.8 Å². The second-order valence-electron chi connectivity index (χ2n) is 9.98. The largest absolute Gasteiger partial charge is 0.393 e. The first kappa shape index (κ1) is 18.4. The molecule has 152 valence electrons. The second-order valence-corrected chi connectivity index (χ2v) is 9.98. The lowest BCUT2D eigenvalue weighted by molar-refractivity contribution is -0.0120. The third-order valence-corrected chi connectivity index (χ3v) is 8.14. The van der Waals surface area contributed by atoms with Crippen LogP contribution in [0.5, 0.6) is 0 Å². The number of nitrogens with zero attached hydrogens (tertiary/aromatic N) is 1. The summed E-state index contributed by atoms with van der Waals surface area (Å²) in [6.07, 6.45) is 11.0. The van der Waals surface area contributed by atoms with E-state index in [2.05, 4.69) is 5.32 Å². The molecule has 5 heteroatoms. The summed E-state index contributed by atoms with van der Waals surface area (Å²) in [5, 5.41) is 13.1. The maximum Gasteiger partial charge on any atom is 0.263 e. The number of aliphatic hydroxyl groups excluding tert-OH is 1. The van der Waals surface area contributed by atoms with Crippen molar-refractivity contribution in [1.29, 1.82) is 0 Å². The minimum atomic E-state index is -0.253. The van der Waals surface area contributed by atoms with Gasteiger partial charge in [-0.25, -0.2) is 0 Å². The van der Waals surface area contributed by atoms with Crippen molar-refractivity contribution in [3.8, 4) is 0 Å². The molecule has 0 saturated heterocycles. The Morgan fingerprint density at radius 1 is 1.04 bits per heavy atom. The van der Waals surface area contributed by atoms with Crippen LogP contribution in [-0.4, -0.2) is 27.7 Å². The first-order valence-corrected chi connectivity index (χ1v) is 11.2. The summed E-state index contributed by atoms with van der Waals surface area (Å²) >= 11 is 0. The lowest BCUT2D eigenvalue weighted by atomic mass is 9.54. The molecule has 0 aromatic carbocycles. The molecular formula is C23H32N2O3. The number of hydrogen-bond donors (Lipinski definition) is 2. The van der Waals surface area contributed by atoms with E-state index in [4.69, 9.17) is 0 Å². The molecular weight excluding hydrogens is 352 g/mol. The molecule has 1 aromatic heterocycles. The van der Waals surface area contributed by atoms with Crippen molar-refractivity contribution in [3.63, 3.8) is 0 Å². The fourth-order valence-corrected chi connectivity index (χ4v) is 6.93. The predicted molar refractivity (Wildman–Crippen MR) is 107 cm³/mol. The predicted octanol–water partition coefficient (Wildman–Crippen LogP) is 3.19. The fourth-order valence-electron chi connectivity index (χ4n) is 6.93. The molecule has 5 aliphatic rings. The van der Waals surface area contributed by atoms with Gasteiger partial charge in [0.15, 0.2) is 0 Å². The second kappa shape index (κ2) is 7.01. The third-order valence-electron chi connectivity index (χ3n) is 8.14. The molecule has 0 aliphatic heterocycles. The lowest BCUT2D eigenvalue weighted by Crippen LogP contribution is -2.56. The molecule has 5 nitrogen and oxygen atoms in total. The van der Waals surface area contributed by atoms with Gasteiger partial charge in [0, 0.05) is 18.3 Å². The lowest BCUT2D eigenvalue weighted by Gasteiger charge is -2.54.